The van der Waals surface area contributed by atoms with Crippen LogP contribution in [-0.4, -0.2) is 24.1 Å². The van der Waals surface area contributed by atoms with E-state index >= 15 is 0 Å². The van der Waals surface area contributed by atoms with E-state index in [4.69, 9.17) is 13.9 Å². The highest BCUT2D eigenvalue weighted by Crippen LogP contribution is 2.31. The second kappa shape index (κ2) is 8.56. The Bertz CT molecular complexity index is 1590. The quantitative estimate of drug-likeness (QED) is 0.250. The molecule has 0 unspecified atom stereocenters. The standard InChI is InChI=1S/C28H23NO5/c1-17-28(23-13-19(32-3)10-12-24(23)29(17)2)25(30)16-33-20-9-11-21-22(18-7-5-4-6-8-18)15-27(31)34-26(21)14-20/h4-15H,16H2,1-3H3. The Hall–Kier alpha value is -4.32. The molecule has 3 aromatic carbocycles. The summed E-state index contributed by atoms with van der Waals surface area (Å²) < 4.78 is 18.6. The molecule has 6 nitrogen and oxygen atoms in total. The van der Waals surface area contributed by atoms with Crippen LogP contribution in [0, 0.1) is 6.92 Å². The first-order chi connectivity index (χ1) is 16.5. The van der Waals surface area contributed by atoms with Crippen LogP contribution in [0.3, 0.4) is 0 Å². The van der Waals surface area contributed by atoms with Gasteiger partial charge >= 0.3 is 5.63 Å². The number of carbonyl (C=O) groups is 1. The fourth-order valence-corrected chi connectivity index (χ4v) is 4.34. The lowest BCUT2D eigenvalue weighted by atomic mass is 10.0. The maximum absolute atomic E-state index is 13.2. The summed E-state index contributed by atoms with van der Waals surface area (Å²) in [5, 5.41) is 1.62. The van der Waals surface area contributed by atoms with Gasteiger partial charge in [0.15, 0.2) is 6.61 Å². The number of methoxy groups -OCH3 is 1. The van der Waals surface area contributed by atoms with Crippen LogP contribution >= 0.6 is 0 Å². The lowest BCUT2D eigenvalue weighted by molar-refractivity contribution is 0.0922. The molecular formula is C28H23NO5. The minimum atomic E-state index is -0.445. The number of ketones is 1. The van der Waals surface area contributed by atoms with E-state index in [0.717, 1.165) is 33.1 Å². The first kappa shape index (κ1) is 21.5. The highest BCUT2D eigenvalue weighted by Gasteiger charge is 2.20. The van der Waals surface area contributed by atoms with Crippen molar-refractivity contribution in [1.29, 1.82) is 0 Å². The van der Waals surface area contributed by atoms with Crippen molar-refractivity contribution in [2.24, 2.45) is 7.05 Å². The summed E-state index contributed by atoms with van der Waals surface area (Å²) in [5.41, 5.74) is 4.08. The predicted octanol–water partition coefficient (Wildman–Crippen LogP) is 5.53. The zero-order valence-corrected chi connectivity index (χ0v) is 19.1. The Kier molecular flexibility index (Phi) is 5.42. The van der Waals surface area contributed by atoms with E-state index in [0.29, 0.717) is 22.6 Å². The van der Waals surface area contributed by atoms with E-state index in [-0.39, 0.29) is 12.4 Å². The van der Waals surface area contributed by atoms with Crippen molar-refractivity contribution in [2.45, 2.75) is 6.92 Å². The van der Waals surface area contributed by atoms with Crippen LogP contribution in [0.2, 0.25) is 0 Å². The molecule has 0 bridgehead atoms. The van der Waals surface area contributed by atoms with Crippen molar-refractivity contribution in [1.82, 2.24) is 4.57 Å². The van der Waals surface area contributed by atoms with Gasteiger partial charge in [0.2, 0.25) is 5.78 Å². The molecule has 0 saturated carbocycles. The van der Waals surface area contributed by atoms with E-state index in [1.54, 1.807) is 19.2 Å². The maximum atomic E-state index is 13.2. The molecule has 34 heavy (non-hydrogen) atoms. The highest BCUT2D eigenvalue weighted by molar-refractivity contribution is 6.10. The molecule has 5 aromatic rings. The lowest BCUT2D eigenvalue weighted by Gasteiger charge is -2.09. The smallest absolute Gasteiger partial charge is 0.336 e. The van der Waals surface area contributed by atoms with E-state index in [2.05, 4.69) is 0 Å². The molecule has 170 valence electrons. The van der Waals surface area contributed by atoms with Gasteiger partial charge in [-0.3, -0.25) is 4.79 Å². The predicted molar refractivity (Wildman–Crippen MR) is 132 cm³/mol. The van der Waals surface area contributed by atoms with Crippen LogP contribution in [0.1, 0.15) is 16.1 Å². The van der Waals surface area contributed by atoms with Crippen molar-refractivity contribution in [3.8, 4) is 22.6 Å². The van der Waals surface area contributed by atoms with Gasteiger partial charge in [-0.1, -0.05) is 30.3 Å². The third kappa shape index (κ3) is 3.73. The van der Waals surface area contributed by atoms with Gasteiger partial charge in [-0.25, -0.2) is 4.79 Å². The van der Waals surface area contributed by atoms with Gasteiger partial charge in [0.25, 0.3) is 0 Å². The number of rotatable bonds is 6. The van der Waals surface area contributed by atoms with E-state index in [9.17, 15) is 9.59 Å². The molecule has 0 aliphatic rings. The molecule has 2 heterocycles. The summed E-state index contributed by atoms with van der Waals surface area (Å²) in [6, 6.07) is 22.1. The van der Waals surface area contributed by atoms with Crippen LogP contribution in [0.25, 0.3) is 33.0 Å². The topological polar surface area (TPSA) is 70.7 Å². The van der Waals surface area contributed by atoms with Crippen LogP contribution in [0.4, 0.5) is 0 Å². The molecule has 0 spiro atoms. The number of hydrogen-bond acceptors (Lipinski definition) is 5. The summed E-state index contributed by atoms with van der Waals surface area (Å²) in [7, 11) is 3.53. The number of Topliss-reactive ketones (excluding diaryl/α,β-unsaturated/α-hetero) is 1. The Morgan fingerprint density at radius 3 is 2.47 bits per heavy atom. The van der Waals surface area contributed by atoms with Gasteiger partial charge < -0.3 is 18.5 Å². The molecule has 0 aliphatic heterocycles. The first-order valence-corrected chi connectivity index (χ1v) is 10.9. The SMILES string of the molecule is COc1ccc2c(c1)c(C(=O)COc1ccc3c(-c4ccccc4)cc(=O)oc3c1)c(C)n2C. The Labute approximate surface area is 196 Å². The van der Waals surface area contributed by atoms with Crippen molar-refractivity contribution in [3.05, 3.63) is 94.5 Å². The van der Waals surface area contributed by atoms with Gasteiger partial charge in [0.05, 0.1) is 7.11 Å². The van der Waals surface area contributed by atoms with E-state index in [1.807, 2.05) is 73.1 Å². The normalized spacial score (nSPS) is 11.1. The zero-order chi connectivity index (χ0) is 23.8. The molecule has 6 heteroatoms. The number of ether oxygens (including phenoxy) is 2. The third-order valence-corrected chi connectivity index (χ3v) is 6.15. The summed E-state index contributed by atoms with van der Waals surface area (Å²) in [6.45, 7) is 1.76. The molecule has 0 amide bonds. The Morgan fingerprint density at radius 1 is 0.941 bits per heavy atom. The van der Waals surface area contributed by atoms with Crippen molar-refractivity contribution in [2.75, 3.05) is 13.7 Å². The van der Waals surface area contributed by atoms with Crippen LogP contribution < -0.4 is 15.1 Å². The molecule has 5 rings (SSSR count). The first-order valence-electron chi connectivity index (χ1n) is 10.9. The lowest BCUT2D eigenvalue weighted by Crippen LogP contribution is -2.13. The molecule has 0 N–H and O–H groups in total. The Morgan fingerprint density at radius 2 is 1.71 bits per heavy atom. The number of fused-ring (bicyclic) bond motifs is 2. The van der Waals surface area contributed by atoms with Crippen molar-refractivity contribution in [3.63, 3.8) is 0 Å². The summed E-state index contributed by atoms with van der Waals surface area (Å²) in [5.74, 6) is 0.993. The van der Waals surface area contributed by atoms with E-state index < -0.39 is 5.63 Å². The minimum absolute atomic E-state index is 0.143. The molecule has 0 aliphatic carbocycles. The van der Waals surface area contributed by atoms with Gasteiger partial charge in [0.1, 0.15) is 17.1 Å². The van der Waals surface area contributed by atoms with Gasteiger partial charge in [-0.05, 0) is 48.4 Å². The summed E-state index contributed by atoms with van der Waals surface area (Å²) >= 11 is 0. The second-order valence-electron chi connectivity index (χ2n) is 8.12. The highest BCUT2D eigenvalue weighted by atomic mass is 16.5. The molecule has 2 aromatic heterocycles. The average molecular weight is 453 g/mol. The second-order valence-corrected chi connectivity index (χ2v) is 8.12. The van der Waals surface area contributed by atoms with Crippen molar-refractivity contribution < 1.29 is 18.7 Å². The molecular weight excluding hydrogens is 430 g/mol. The van der Waals surface area contributed by atoms with Crippen molar-refractivity contribution >= 4 is 27.7 Å². The van der Waals surface area contributed by atoms with Gasteiger partial charge in [0, 0.05) is 46.7 Å². The largest absolute Gasteiger partial charge is 0.497 e. The summed E-state index contributed by atoms with van der Waals surface area (Å²) in [4.78, 5) is 25.4. The minimum Gasteiger partial charge on any atom is -0.497 e. The average Bonchev–Trinajstić information content (AvgIpc) is 3.11. The number of hydrogen-bond donors (Lipinski definition) is 0. The summed E-state index contributed by atoms with van der Waals surface area (Å²) in [6.07, 6.45) is 0. The van der Waals surface area contributed by atoms with Gasteiger partial charge in [-0.2, -0.15) is 0 Å². The molecule has 0 saturated heterocycles. The van der Waals surface area contributed by atoms with Crippen LogP contribution in [0.5, 0.6) is 11.5 Å². The van der Waals surface area contributed by atoms with Crippen LogP contribution in [-0.2, 0) is 7.05 Å². The molecule has 0 fully saturated rings. The number of aryl methyl sites for hydroxylation is 1. The maximum Gasteiger partial charge on any atom is 0.336 e. The number of aromatic nitrogens is 1. The number of nitrogens with zero attached hydrogens (tertiary/aromatic N) is 1. The fourth-order valence-electron chi connectivity index (χ4n) is 4.34. The fraction of sp³-hybridized carbons (Fsp3) is 0.143. The monoisotopic (exact) mass is 453 g/mol. The van der Waals surface area contributed by atoms with E-state index in [1.165, 1.54) is 6.07 Å². The number of benzene rings is 3. The molecule has 0 atom stereocenters. The van der Waals surface area contributed by atoms with Crippen LogP contribution in [0.15, 0.2) is 82.0 Å². The molecule has 0 radical (unpaired) electrons. The van der Waals surface area contributed by atoms with Gasteiger partial charge in [-0.15, -0.1) is 0 Å². The third-order valence-electron chi connectivity index (χ3n) is 6.15. The number of carbonyl (C=O) groups excluding carboxylic acids is 1. The zero-order valence-electron chi connectivity index (χ0n) is 19.1. The Balaban J connectivity index is 1.45.